The highest BCUT2D eigenvalue weighted by atomic mass is 35.5. The summed E-state index contributed by atoms with van der Waals surface area (Å²) in [5, 5.41) is 13.2. The number of anilines is 1. The van der Waals surface area contributed by atoms with Crippen LogP contribution in [0.25, 0.3) is 0 Å². The van der Waals surface area contributed by atoms with Gasteiger partial charge in [0.2, 0.25) is 0 Å². The maximum absolute atomic E-state index is 12.4. The number of phenols is 1. The molecule has 1 atom stereocenters. The quantitative estimate of drug-likeness (QED) is 0.745. The van der Waals surface area contributed by atoms with Crippen LogP contribution in [0.15, 0.2) is 48.5 Å². The molecule has 3 N–H and O–H groups in total. The molecular weight excluding hydrogens is 350 g/mol. The molecule has 1 heterocycles. The minimum atomic E-state index is -0.0301. The van der Waals surface area contributed by atoms with E-state index < -0.39 is 0 Å². The first-order chi connectivity index (χ1) is 12.5. The predicted octanol–water partition coefficient (Wildman–Crippen LogP) is 1.63. The van der Waals surface area contributed by atoms with E-state index in [0.717, 1.165) is 37.4 Å². The fourth-order valence-corrected chi connectivity index (χ4v) is 3.40. The molecule has 0 bridgehead atoms. The molecule has 1 aliphatic heterocycles. The third-order valence-corrected chi connectivity index (χ3v) is 5.10. The zero-order valence-electron chi connectivity index (χ0n) is 14.9. The van der Waals surface area contributed by atoms with E-state index in [9.17, 15) is 9.90 Å². The first-order valence-electron chi connectivity index (χ1n) is 8.93. The van der Waals surface area contributed by atoms with Gasteiger partial charge in [-0.3, -0.25) is 4.79 Å². The zero-order chi connectivity index (χ0) is 18.5. The Balaban J connectivity index is 1.45. The lowest BCUT2D eigenvalue weighted by Crippen LogP contribution is -3.15. The van der Waals surface area contributed by atoms with Gasteiger partial charge in [-0.1, -0.05) is 23.7 Å². The Morgan fingerprint density at radius 3 is 2.38 bits per heavy atom. The lowest BCUT2D eigenvalue weighted by atomic mass is 10.1. The molecule has 1 amide bonds. The van der Waals surface area contributed by atoms with Crippen LogP contribution >= 0.6 is 11.6 Å². The summed E-state index contributed by atoms with van der Waals surface area (Å²) in [5.74, 6) is 0.352. The van der Waals surface area contributed by atoms with Gasteiger partial charge in [-0.15, -0.1) is 0 Å². The van der Waals surface area contributed by atoms with Gasteiger partial charge >= 0.3 is 0 Å². The lowest BCUT2D eigenvalue weighted by Gasteiger charge is -2.33. The number of aromatic hydroxyl groups is 1. The largest absolute Gasteiger partial charge is 0.508 e. The maximum atomic E-state index is 12.4. The van der Waals surface area contributed by atoms with Crippen LogP contribution < -0.4 is 15.1 Å². The molecule has 5 nitrogen and oxygen atoms in total. The number of quaternary nitrogens is 1. The van der Waals surface area contributed by atoms with Gasteiger partial charge in [-0.2, -0.15) is 0 Å². The average Bonchev–Trinajstić information content (AvgIpc) is 2.63. The van der Waals surface area contributed by atoms with Gasteiger partial charge in [0, 0.05) is 10.7 Å². The van der Waals surface area contributed by atoms with E-state index in [1.165, 1.54) is 4.90 Å². The van der Waals surface area contributed by atoms with Gasteiger partial charge in [0.05, 0.1) is 32.2 Å². The van der Waals surface area contributed by atoms with Gasteiger partial charge in [-0.25, -0.2) is 0 Å². The van der Waals surface area contributed by atoms with E-state index in [4.69, 9.17) is 11.6 Å². The van der Waals surface area contributed by atoms with E-state index in [1.54, 1.807) is 12.1 Å². The number of hydrogen-bond acceptors (Lipinski definition) is 3. The van der Waals surface area contributed by atoms with Crippen molar-refractivity contribution in [2.45, 2.75) is 13.0 Å². The van der Waals surface area contributed by atoms with E-state index in [-0.39, 0.29) is 17.7 Å². The second-order valence-corrected chi connectivity index (χ2v) is 7.21. The Morgan fingerprint density at radius 1 is 1.15 bits per heavy atom. The van der Waals surface area contributed by atoms with Crippen LogP contribution in [0.5, 0.6) is 5.75 Å². The number of piperazine rings is 1. The summed E-state index contributed by atoms with van der Waals surface area (Å²) in [7, 11) is 0. The molecule has 138 valence electrons. The number of hydrogen-bond donors (Lipinski definition) is 3. The Morgan fingerprint density at radius 2 is 1.77 bits per heavy atom. The summed E-state index contributed by atoms with van der Waals surface area (Å²) in [6.07, 6.45) is 0. The molecule has 1 aliphatic rings. The van der Waals surface area contributed by atoms with Crippen LogP contribution in [0.2, 0.25) is 5.02 Å². The number of nitrogens with zero attached hydrogens (tertiary/aromatic N) is 1. The molecule has 2 aromatic rings. The number of rotatable bonds is 5. The van der Waals surface area contributed by atoms with Crippen molar-refractivity contribution in [3.8, 4) is 5.75 Å². The van der Waals surface area contributed by atoms with Crippen molar-refractivity contribution in [3.05, 3.63) is 59.1 Å². The lowest BCUT2D eigenvalue weighted by molar-refractivity contribution is -0.892. The number of benzene rings is 2. The van der Waals surface area contributed by atoms with Gasteiger partial charge in [0.1, 0.15) is 5.75 Å². The van der Waals surface area contributed by atoms with E-state index in [0.29, 0.717) is 11.6 Å². The maximum Gasteiger partial charge on any atom is 0.275 e. The summed E-state index contributed by atoms with van der Waals surface area (Å²) >= 11 is 5.91. The number of amides is 1. The molecule has 0 saturated carbocycles. The van der Waals surface area contributed by atoms with Crippen molar-refractivity contribution in [2.24, 2.45) is 0 Å². The highest BCUT2D eigenvalue weighted by Crippen LogP contribution is 2.18. The summed E-state index contributed by atoms with van der Waals surface area (Å²) in [5.41, 5.74) is 2.16. The highest BCUT2D eigenvalue weighted by Gasteiger charge is 2.23. The second-order valence-electron chi connectivity index (χ2n) is 6.77. The molecule has 0 unspecified atom stereocenters. The first kappa shape index (κ1) is 18.5. The normalized spacial score (nSPS) is 16.3. The van der Waals surface area contributed by atoms with Crippen LogP contribution in [-0.4, -0.2) is 43.7 Å². The summed E-state index contributed by atoms with van der Waals surface area (Å²) in [4.78, 5) is 15.9. The average molecular weight is 375 g/mol. The fraction of sp³-hybridized carbons (Fsp3) is 0.350. The Bertz CT molecular complexity index is 726. The van der Waals surface area contributed by atoms with Crippen molar-refractivity contribution >= 4 is 23.2 Å². The number of halogens is 1. The van der Waals surface area contributed by atoms with Crippen molar-refractivity contribution < 1.29 is 14.8 Å². The minimum Gasteiger partial charge on any atom is -0.508 e. The van der Waals surface area contributed by atoms with Crippen molar-refractivity contribution in [3.63, 3.8) is 0 Å². The topological polar surface area (TPSA) is 57.0 Å². The van der Waals surface area contributed by atoms with Crippen LogP contribution in [0.4, 0.5) is 5.69 Å². The third kappa shape index (κ3) is 4.90. The molecule has 26 heavy (non-hydrogen) atoms. The highest BCUT2D eigenvalue weighted by molar-refractivity contribution is 6.30. The molecule has 3 rings (SSSR count). The van der Waals surface area contributed by atoms with Crippen LogP contribution in [-0.2, 0) is 4.79 Å². The summed E-state index contributed by atoms with van der Waals surface area (Å²) in [6.45, 7) is 6.12. The number of phenolic OH excluding ortho intramolecular Hbond substituents is 1. The standard InChI is InChI=1S/C20H24ClN3O2/c1-15(16-2-4-17(21)5-3-16)22-20(26)14-23-10-12-24(13-11-23)18-6-8-19(25)9-7-18/h2-9,15,25H,10-14H2,1H3,(H,22,26)/p+1/t15-/m1/s1. The van der Waals surface area contributed by atoms with Gasteiger partial charge in [0.15, 0.2) is 6.54 Å². The first-order valence-corrected chi connectivity index (χ1v) is 9.31. The van der Waals surface area contributed by atoms with Crippen molar-refractivity contribution in [2.75, 3.05) is 37.6 Å². The Kier molecular flexibility index (Phi) is 6.01. The van der Waals surface area contributed by atoms with Gasteiger partial charge in [0.25, 0.3) is 5.91 Å². The Hall–Kier alpha value is -2.24. The monoisotopic (exact) mass is 374 g/mol. The van der Waals surface area contributed by atoms with Gasteiger partial charge < -0.3 is 20.2 Å². The fourth-order valence-electron chi connectivity index (χ4n) is 3.28. The smallest absolute Gasteiger partial charge is 0.275 e. The van der Waals surface area contributed by atoms with Crippen molar-refractivity contribution in [1.29, 1.82) is 0 Å². The summed E-state index contributed by atoms with van der Waals surface area (Å²) in [6, 6.07) is 14.8. The van der Waals surface area contributed by atoms with E-state index >= 15 is 0 Å². The third-order valence-electron chi connectivity index (χ3n) is 4.84. The molecule has 1 saturated heterocycles. The SMILES string of the molecule is C[C@@H](NC(=O)C[NH+]1CCN(c2ccc(O)cc2)CC1)c1ccc(Cl)cc1. The molecule has 2 aromatic carbocycles. The molecule has 0 spiro atoms. The Labute approximate surface area is 159 Å². The van der Waals surface area contributed by atoms with Crippen molar-refractivity contribution in [1.82, 2.24) is 5.32 Å². The van der Waals surface area contributed by atoms with E-state index in [2.05, 4.69) is 10.2 Å². The number of carbonyl (C=O) groups excluding carboxylic acids is 1. The predicted molar refractivity (Wildman–Crippen MR) is 104 cm³/mol. The van der Waals surface area contributed by atoms with E-state index in [1.807, 2.05) is 43.3 Å². The molecule has 1 fully saturated rings. The molecule has 0 radical (unpaired) electrons. The number of nitrogens with one attached hydrogen (secondary N) is 2. The molecule has 6 heteroatoms. The molecule has 0 aromatic heterocycles. The van der Waals surface area contributed by atoms with Crippen LogP contribution in [0.3, 0.4) is 0 Å². The van der Waals surface area contributed by atoms with Crippen LogP contribution in [0.1, 0.15) is 18.5 Å². The second kappa shape index (κ2) is 8.43. The number of carbonyl (C=O) groups is 1. The minimum absolute atomic E-state index is 0.0301. The molecule has 0 aliphatic carbocycles. The van der Waals surface area contributed by atoms with Gasteiger partial charge in [-0.05, 0) is 48.9 Å². The zero-order valence-corrected chi connectivity index (χ0v) is 15.7. The van der Waals surface area contributed by atoms with Crippen LogP contribution in [0, 0.1) is 0 Å². The summed E-state index contributed by atoms with van der Waals surface area (Å²) < 4.78 is 0. The molecular formula is C20H25ClN3O2+.